The lowest BCUT2D eigenvalue weighted by Crippen LogP contribution is -2.35. The number of halogens is 1. The number of sulfonamides is 1. The minimum atomic E-state index is -3.90. The van der Waals surface area contributed by atoms with Gasteiger partial charge in [0.25, 0.3) is 15.9 Å². The Kier molecular flexibility index (Phi) is 6.90. The molecule has 0 heterocycles. The van der Waals surface area contributed by atoms with Crippen LogP contribution in [0.2, 0.25) is 0 Å². The van der Waals surface area contributed by atoms with Gasteiger partial charge in [0.1, 0.15) is 5.82 Å². The van der Waals surface area contributed by atoms with Crippen LogP contribution in [-0.2, 0) is 10.0 Å². The molecule has 0 spiro atoms. The van der Waals surface area contributed by atoms with Crippen LogP contribution in [0.3, 0.4) is 0 Å². The summed E-state index contributed by atoms with van der Waals surface area (Å²) in [5.74, 6) is -0.691. The predicted octanol–water partition coefficient (Wildman–Crippen LogP) is 4.78. The first-order valence-electron chi connectivity index (χ1n) is 10.0. The minimum absolute atomic E-state index is 0.00441. The minimum Gasteiger partial charge on any atom is -0.349 e. The Morgan fingerprint density at radius 2 is 1.59 bits per heavy atom. The van der Waals surface area contributed by atoms with E-state index < -0.39 is 15.8 Å². The van der Waals surface area contributed by atoms with E-state index in [0.717, 1.165) is 25.7 Å². The van der Waals surface area contributed by atoms with Gasteiger partial charge in [-0.25, -0.2) is 12.8 Å². The third kappa shape index (κ3) is 5.79. The Bertz CT molecular complexity index is 951. The molecule has 0 saturated heterocycles. The van der Waals surface area contributed by atoms with E-state index in [1.807, 2.05) is 0 Å². The van der Waals surface area contributed by atoms with Gasteiger partial charge in [-0.15, -0.1) is 0 Å². The van der Waals surface area contributed by atoms with Gasteiger partial charge in [0.05, 0.1) is 4.90 Å². The van der Waals surface area contributed by atoms with Crippen molar-refractivity contribution in [2.45, 2.75) is 62.8 Å². The van der Waals surface area contributed by atoms with Crippen LogP contribution in [-0.4, -0.2) is 20.4 Å². The normalized spacial score (nSPS) is 15.9. The van der Waals surface area contributed by atoms with Crippen molar-refractivity contribution in [3.05, 3.63) is 59.4 Å². The maximum Gasteiger partial charge on any atom is 0.261 e. The van der Waals surface area contributed by atoms with Gasteiger partial charge in [0.2, 0.25) is 0 Å². The van der Waals surface area contributed by atoms with Crippen molar-refractivity contribution in [2.24, 2.45) is 0 Å². The third-order valence-electron chi connectivity index (χ3n) is 5.30. The summed E-state index contributed by atoms with van der Waals surface area (Å²) in [6.45, 7) is 1.79. The zero-order chi connectivity index (χ0) is 20.9. The number of nitrogens with one attached hydrogen (secondary N) is 2. The molecule has 1 fully saturated rings. The lowest BCUT2D eigenvalue weighted by Gasteiger charge is -2.21. The van der Waals surface area contributed by atoms with Gasteiger partial charge < -0.3 is 5.32 Å². The molecule has 1 aliphatic carbocycles. The van der Waals surface area contributed by atoms with Gasteiger partial charge >= 0.3 is 0 Å². The number of anilines is 1. The Balaban J connectivity index is 1.77. The van der Waals surface area contributed by atoms with Crippen molar-refractivity contribution in [1.29, 1.82) is 0 Å². The molecule has 2 aromatic carbocycles. The molecule has 7 heteroatoms. The van der Waals surface area contributed by atoms with Gasteiger partial charge in [-0.3, -0.25) is 9.52 Å². The van der Waals surface area contributed by atoms with E-state index in [-0.39, 0.29) is 22.5 Å². The molecule has 5 nitrogen and oxygen atoms in total. The van der Waals surface area contributed by atoms with E-state index in [2.05, 4.69) is 10.0 Å². The highest BCUT2D eigenvalue weighted by Gasteiger charge is 2.20. The highest BCUT2D eigenvalue weighted by molar-refractivity contribution is 7.92. The molecule has 0 aliphatic heterocycles. The average Bonchev–Trinajstić information content (AvgIpc) is 2.65. The van der Waals surface area contributed by atoms with Crippen molar-refractivity contribution < 1.29 is 17.6 Å². The fraction of sp³-hybridized carbons (Fsp3) is 0.409. The van der Waals surface area contributed by atoms with Crippen molar-refractivity contribution in [3.63, 3.8) is 0 Å². The van der Waals surface area contributed by atoms with E-state index in [4.69, 9.17) is 0 Å². The van der Waals surface area contributed by atoms with Crippen LogP contribution in [0.4, 0.5) is 10.1 Å². The molecule has 3 rings (SSSR count). The van der Waals surface area contributed by atoms with Crippen molar-refractivity contribution in [1.82, 2.24) is 5.32 Å². The first-order chi connectivity index (χ1) is 13.8. The lowest BCUT2D eigenvalue weighted by atomic mass is 9.96. The summed E-state index contributed by atoms with van der Waals surface area (Å²) in [6, 6.07) is 9.69. The second-order valence-electron chi connectivity index (χ2n) is 7.60. The highest BCUT2D eigenvalue weighted by Crippen LogP contribution is 2.21. The van der Waals surface area contributed by atoms with E-state index >= 15 is 0 Å². The second kappa shape index (κ2) is 9.39. The fourth-order valence-corrected chi connectivity index (χ4v) is 4.69. The second-order valence-corrected chi connectivity index (χ2v) is 9.29. The molecule has 29 heavy (non-hydrogen) atoms. The monoisotopic (exact) mass is 418 g/mol. The first-order valence-corrected chi connectivity index (χ1v) is 11.5. The maximum atomic E-state index is 13.0. The molecule has 1 amide bonds. The summed E-state index contributed by atoms with van der Waals surface area (Å²) < 4.78 is 40.9. The fourth-order valence-electron chi connectivity index (χ4n) is 3.61. The Hall–Kier alpha value is -2.41. The van der Waals surface area contributed by atoms with Gasteiger partial charge in [0, 0.05) is 17.3 Å². The van der Waals surface area contributed by atoms with Crippen LogP contribution in [0.15, 0.2) is 47.4 Å². The van der Waals surface area contributed by atoms with E-state index in [0.29, 0.717) is 11.1 Å². The quantitative estimate of drug-likeness (QED) is 0.734. The topological polar surface area (TPSA) is 75.3 Å². The van der Waals surface area contributed by atoms with E-state index in [9.17, 15) is 17.6 Å². The Morgan fingerprint density at radius 3 is 2.24 bits per heavy atom. The van der Waals surface area contributed by atoms with Crippen molar-refractivity contribution in [2.75, 3.05) is 4.72 Å². The van der Waals surface area contributed by atoms with Crippen molar-refractivity contribution in [3.8, 4) is 0 Å². The van der Waals surface area contributed by atoms with E-state index in [1.165, 1.54) is 55.7 Å². The number of amides is 1. The molecule has 1 aliphatic rings. The molecule has 1 saturated carbocycles. The summed E-state index contributed by atoms with van der Waals surface area (Å²) in [4.78, 5) is 12.8. The van der Waals surface area contributed by atoms with Crippen LogP contribution in [0, 0.1) is 12.7 Å². The summed E-state index contributed by atoms with van der Waals surface area (Å²) in [7, 11) is -3.90. The van der Waals surface area contributed by atoms with E-state index in [1.54, 1.807) is 13.0 Å². The number of benzene rings is 2. The molecule has 0 radical (unpaired) electrons. The number of rotatable bonds is 5. The predicted molar refractivity (Wildman–Crippen MR) is 112 cm³/mol. The number of hydrogen-bond acceptors (Lipinski definition) is 3. The molecule has 0 bridgehead atoms. The van der Waals surface area contributed by atoms with Crippen molar-refractivity contribution >= 4 is 21.6 Å². The summed E-state index contributed by atoms with van der Waals surface area (Å²) in [6.07, 6.45) is 7.73. The van der Waals surface area contributed by atoms with Gasteiger partial charge in [-0.05, 0) is 61.7 Å². The van der Waals surface area contributed by atoms with Crippen LogP contribution >= 0.6 is 0 Å². The van der Waals surface area contributed by atoms with Gasteiger partial charge in [0.15, 0.2) is 0 Å². The van der Waals surface area contributed by atoms with Crippen LogP contribution in [0.1, 0.15) is 60.9 Å². The molecular weight excluding hydrogens is 391 g/mol. The molecule has 2 N–H and O–H groups in total. The molecule has 156 valence electrons. The largest absolute Gasteiger partial charge is 0.349 e. The SMILES string of the molecule is Cc1ccc(S(=O)(=O)Nc2ccc(F)cc2)cc1C(=O)NC1CCCCCCC1. The van der Waals surface area contributed by atoms with Gasteiger partial charge in [-0.1, -0.05) is 38.2 Å². The number of carbonyl (C=O) groups excluding carboxylic acids is 1. The van der Waals surface area contributed by atoms with Crippen LogP contribution in [0.25, 0.3) is 0 Å². The smallest absolute Gasteiger partial charge is 0.261 e. The standard InChI is InChI=1S/C22H27FN2O3S/c1-16-9-14-20(29(27,28)25-19-12-10-17(23)11-13-19)15-21(16)22(26)24-18-7-5-3-2-4-6-8-18/h9-15,18,25H,2-8H2,1H3,(H,24,26). The first kappa shape index (κ1) is 21.3. The Morgan fingerprint density at radius 1 is 0.966 bits per heavy atom. The average molecular weight is 419 g/mol. The zero-order valence-electron chi connectivity index (χ0n) is 16.6. The molecule has 0 unspecified atom stereocenters. The summed E-state index contributed by atoms with van der Waals surface area (Å²) >= 11 is 0. The third-order valence-corrected chi connectivity index (χ3v) is 6.68. The Labute approximate surface area is 171 Å². The number of carbonyl (C=O) groups is 1. The lowest BCUT2D eigenvalue weighted by molar-refractivity contribution is 0.0929. The summed E-state index contributed by atoms with van der Waals surface area (Å²) in [5, 5.41) is 3.08. The van der Waals surface area contributed by atoms with Crippen LogP contribution < -0.4 is 10.0 Å². The molecule has 2 aromatic rings. The highest BCUT2D eigenvalue weighted by atomic mass is 32.2. The molecular formula is C22H27FN2O3S. The maximum absolute atomic E-state index is 13.0. The molecule has 0 atom stereocenters. The number of hydrogen-bond donors (Lipinski definition) is 2. The van der Waals surface area contributed by atoms with Crippen LogP contribution in [0.5, 0.6) is 0 Å². The number of aryl methyl sites for hydroxylation is 1. The summed E-state index contributed by atoms with van der Waals surface area (Å²) in [5.41, 5.74) is 1.33. The zero-order valence-corrected chi connectivity index (χ0v) is 17.4. The molecule has 0 aromatic heterocycles. The van der Waals surface area contributed by atoms with Gasteiger partial charge in [-0.2, -0.15) is 0 Å².